The third-order valence-corrected chi connectivity index (χ3v) is 4.26. The van der Waals surface area contributed by atoms with Gasteiger partial charge < -0.3 is 10.1 Å². The van der Waals surface area contributed by atoms with Gasteiger partial charge in [0.15, 0.2) is 5.69 Å². The van der Waals surface area contributed by atoms with Crippen LogP contribution in [0, 0.1) is 6.92 Å². The second kappa shape index (κ2) is 7.57. The summed E-state index contributed by atoms with van der Waals surface area (Å²) in [6, 6.07) is 8.06. The molecule has 1 aromatic heterocycles. The Morgan fingerprint density at radius 1 is 1.38 bits per heavy atom. The number of hydrogen-bond acceptors (Lipinski definition) is 4. The fraction of sp³-hybridized carbons (Fsp3) is 0.500. The second-order valence-corrected chi connectivity index (χ2v) is 6.23. The summed E-state index contributed by atoms with van der Waals surface area (Å²) in [6.45, 7) is 5.44. The molecule has 128 valence electrons. The van der Waals surface area contributed by atoms with Gasteiger partial charge in [0.05, 0.1) is 17.5 Å². The predicted octanol–water partition coefficient (Wildman–Crippen LogP) is 2.44. The average Bonchev–Trinajstić information content (AvgIpc) is 3.24. The van der Waals surface area contributed by atoms with Gasteiger partial charge in [-0.3, -0.25) is 4.79 Å². The van der Waals surface area contributed by atoms with Gasteiger partial charge in [0, 0.05) is 13.2 Å². The fourth-order valence-electron chi connectivity index (χ4n) is 2.93. The minimum Gasteiger partial charge on any atom is -0.376 e. The summed E-state index contributed by atoms with van der Waals surface area (Å²) >= 11 is 0. The van der Waals surface area contributed by atoms with E-state index in [1.165, 1.54) is 5.56 Å². The average molecular weight is 328 g/mol. The molecule has 1 atom stereocenters. The Balaban J connectivity index is 1.79. The van der Waals surface area contributed by atoms with E-state index in [4.69, 9.17) is 4.74 Å². The highest BCUT2D eigenvalue weighted by atomic mass is 16.5. The van der Waals surface area contributed by atoms with E-state index in [1.807, 2.05) is 31.2 Å². The molecule has 6 nitrogen and oxygen atoms in total. The molecule has 2 heterocycles. The number of nitrogens with one attached hydrogen (secondary N) is 1. The number of ether oxygens (including phenoxy) is 1. The highest BCUT2D eigenvalue weighted by Gasteiger charge is 2.22. The number of amides is 1. The summed E-state index contributed by atoms with van der Waals surface area (Å²) in [5.74, 6) is -0.174. The molecule has 0 spiro atoms. The molecule has 3 rings (SSSR count). The van der Waals surface area contributed by atoms with E-state index in [0.717, 1.165) is 43.7 Å². The molecule has 0 unspecified atom stereocenters. The third-order valence-electron chi connectivity index (χ3n) is 4.26. The molecular weight excluding hydrogens is 304 g/mol. The van der Waals surface area contributed by atoms with Crippen molar-refractivity contribution in [3.05, 3.63) is 41.2 Å². The number of carbonyl (C=O) groups is 1. The van der Waals surface area contributed by atoms with Crippen LogP contribution in [0.5, 0.6) is 0 Å². The Morgan fingerprint density at radius 2 is 2.17 bits per heavy atom. The Kier molecular flexibility index (Phi) is 5.25. The molecular formula is C18H24N4O2. The van der Waals surface area contributed by atoms with Crippen LogP contribution in [0.25, 0.3) is 5.69 Å². The number of carbonyl (C=O) groups excluding carboxylic acids is 1. The number of hydrogen-bond donors (Lipinski definition) is 1. The van der Waals surface area contributed by atoms with Crippen LogP contribution in [0.4, 0.5) is 0 Å². The van der Waals surface area contributed by atoms with Crippen LogP contribution >= 0.6 is 0 Å². The summed E-state index contributed by atoms with van der Waals surface area (Å²) in [5.41, 5.74) is 3.38. The van der Waals surface area contributed by atoms with Gasteiger partial charge in [-0.25, -0.2) is 4.68 Å². The zero-order chi connectivity index (χ0) is 16.9. The first kappa shape index (κ1) is 16.6. The van der Waals surface area contributed by atoms with Crippen LogP contribution in [-0.2, 0) is 11.2 Å². The maximum atomic E-state index is 12.5. The number of aryl methyl sites for hydroxylation is 1. The Labute approximate surface area is 142 Å². The number of aromatic nitrogens is 3. The Morgan fingerprint density at radius 3 is 2.83 bits per heavy atom. The van der Waals surface area contributed by atoms with Crippen LogP contribution in [0.1, 0.15) is 47.9 Å². The first-order valence-corrected chi connectivity index (χ1v) is 8.60. The van der Waals surface area contributed by atoms with Crippen LogP contribution < -0.4 is 5.32 Å². The zero-order valence-electron chi connectivity index (χ0n) is 14.3. The number of benzene rings is 1. The van der Waals surface area contributed by atoms with Crippen molar-refractivity contribution >= 4 is 5.91 Å². The maximum absolute atomic E-state index is 12.5. The molecule has 1 N–H and O–H groups in total. The quantitative estimate of drug-likeness (QED) is 0.884. The predicted molar refractivity (Wildman–Crippen MR) is 91.4 cm³/mol. The van der Waals surface area contributed by atoms with Crippen LogP contribution in [0.3, 0.4) is 0 Å². The summed E-state index contributed by atoms with van der Waals surface area (Å²) in [5, 5.41) is 11.3. The van der Waals surface area contributed by atoms with Crippen molar-refractivity contribution in [2.75, 3.05) is 13.2 Å². The molecule has 2 aromatic rings. The van der Waals surface area contributed by atoms with Gasteiger partial charge in [-0.1, -0.05) is 36.3 Å². The van der Waals surface area contributed by atoms with E-state index in [0.29, 0.717) is 12.2 Å². The van der Waals surface area contributed by atoms with Gasteiger partial charge >= 0.3 is 0 Å². The number of nitrogens with zero attached hydrogens (tertiary/aromatic N) is 3. The first-order chi connectivity index (χ1) is 11.7. The Bertz CT molecular complexity index is 688. The molecule has 24 heavy (non-hydrogen) atoms. The third kappa shape index (κ3) is 3.64. The van der Waals surface area contributed by atoms with Crippen LogP contribution in [0.2, 0.25) is 0 Å². The largest absolute Gasteiger partial charge is 0.376 e. The minimum absolute atomic E-state index is 0.121. The highest BCUT2D eigenvalue weighted by Crippen LogP contribution is 2.16. The molecule has 0 saturated carbocycles. The van der Waals surface area contributed by atoms with Crippen molar-refractivity contribution in [2.45, 2.75) is 45.6 Å². The molecule has 1 amide bonds. The molecule has 1 fully saturated rings. The molecule has 1 aliphatic rings. The minimum atomic E-state index is -0.174. The second-order valence-electron chi connectivity index (χ2n) is 6.23. The highest BCUT2D eigenvalue weighted by molar-refractivity contribution is 5.93. The normalized spacial score (nSPS) is 17.2. The molecule has 6 heteroatoms. The van der Waals surface area contributed by atoms with Gasteiger partial charge in [0.2, 0.25) is 0 Å². The lowest BCUT2D eigenvalue weighted by Gasteiger charge is -2.11. The van der Waals surface area contributed by atoms with Crippen molar-refractivity contribution in [1.29, 1.82) is 0 Å². The van der Waals surface area contributed by atoms with Crippen molar-refractivity contribution in [3.8, 4) is 5.69 Å². The Hall–Kier alpha value is -2.21. The van der Waals surface area contributed by atoms with Crippen molar-refractivity contribution in [2.24, 2.45) is 0 Å². The number of rotatable bonds is 6. The van der Waals surface area contributed by atoms with Gasteiger partial charge in [0.25, 0.3) is 5.91 Å². The smallest absolute Gasteiger partial charge is 0.273 e. The van der Waals surface area contributed by atoms with Crippen molar-refractivity contribution < 1.29 is 9.53 Å². The van der Waals surface area contributed by atoms with Crippen molar-refractivity contribution in [3.63, 3.8) is 0 Å². The summed E-state index contributed by atoms with van der Waals surface area (Å²) in [7, 11) is 0. The van der Waals surface area contributed by atoms with E-state index in [9.17, 15) is 4.79 Å². The van der Waals surface area contributed by atoms with Gasteiger partial charge in [-0.2, -0.15) is 0 Å². The van der Waals surface area contributed by atoms with E-state index < -0.39 is 0 Å². The molecule has 1 aromatic carbocycles. The van der Waals surface area contributed by atoms with Gasteiger partial charge in [0.1, 0.15) is 0 Å². The van der Waals surface area contributed by atoms with E-state index in [-0.39, 0.29) is 12.0 Å². The molecule has 0 radical (unpaired) electrons. The topological polar surface area (TPSA) is 69.0 Å². The van der Waals surface area contributed by atoms with E-state index in [2.05, 4.69) is 22.6 Å². The summed E-state index contributed by atoms with van der Waals surface area (Å²) in [6.07, 6.45) is 3.86. The maximum Gasteiger partial charge on any atom is 0.273 e. The summed E-state index contributed by atoms with van der Waals surface area (Å²) in [4.78, 5) is 12.5. The standard InChI is InChI=1S/C18H24N4O2/c1-3-5-16-17(18(23)19-12-15-6-4-11-24-15)20-21-22(16)14-9-7-13(2)8-10-14/h7-10,15H,3-6,11-12H2,1-2H3,(H,19,23)/t15-/m0/s1. The van der Waals surface area contributed by atoms with Crippen molar-refractivity contribution in [1.82, 2.24) is 20.3 Å². The molecule has 0 bridgehead atoms. The van der Waals surface area contributed by atoms with Crippen LogP contribution in [-0.4, -0.2) is 40.2 Å². The zero-order valence-corrected chi connectivity index (χ0v) is 14.3. The van der Waals surface area contributed by atoms with E-state index >= 15 is 0 Å². The van der Waals surface area contributed by atoms with Gasteiger partial charge in [-0.05, 0) is 38.3 Å². The molecule has 0 aliphatic carbocycles. The van der Waals surface area contributed by atoms with Gasteiger partial charge in [-0.15, -0.1) is 5.10 Å². The summed E-state index contributed by atoms with van der Waals surface area (Å²) < 4.78 is 7.31. The molecule has 1 aliphatic heterocycles. The van der Waals surface area contributed by atoms with E-state index in [1.54, 1.807) is 4.68 Å². The molecule has 1 saturated heterocycles. The van der Waals surface area contributed by atoms with Crippen LogP contribution in [0.15, 0.2) is 24.3 Å². The monoisotopic (exact) mass is 328 g/mol. The lowest BCUT2D eigenvalue weighted by atomic mass is 10.1. The lowest BCUT2D eigenvalue weighted by molar-refractivity contribution is 0.0853. The lowest BCUT2D eigenvalue weighted by Crippen LogP contribution is -2.32. The first-order valence-electron chi connectivity index (χ1n) is 8.60. The fourth-order valence-corrected chi connectivity index (χ4v) is 2.93. The SMILES string of the molecule is CCCc1c(C(=O)NC[C@@H]2CCCO2)nnn1-c1ccc(C)cc1.